The van der Waals surface area contributed by atoms with Gasteiger partial charge in [-0.1, -0.05) is 18.2 Å². The van der Waals surface area contributed by atoms with Gasteiger partial charge in [-0.25, -0.2) is 5.43 Å². The molecular formula is C20H17N3O3. The highest BCUT2D eigenvalue weighted by molar-refractivity contribution is 6.07. The van der Waals surface area contributed by atoms with Crippen molar-refractivity contribution in [2.45, 2.75) is 13.8 Å². The number of hydrogen-bond acceptors (Lipinski definition) is 5. The molecule has 1 aliphatic heterocycles. The molecule has 6 heteroatoms. The Bertz CT molecular complexity index is 1040. The van der Waals surface area contributed by atoms with Gasteiger partial charge in [-0.2, -0.15) is 5.10 Å². The fourth-order valence-corrected chi connectivity index (χ4v) is 2.88. The predicted molar refractivity (Wildman–Crippen MR) is 98.7 cm³/mol. The van der Waals surface area contributed by atoms with Gasteiger partial charge in [0.2, 0.25) is 6.79 Å². The molecule has 3 aromatic rings. The Labute approximate surface area is 150 Å². The summed E-state index contributed by atoms with van der Waals surface area (Å²) in [4.78, 5) is 17.1. The summed E-state index contributed by atoms with van der Waals surface area (Å²) in [5.74, 6) is 1.12. The van der Waals surface area contributed by atoms with Crippen LogP contribution in [0.4, 0.5) is 0 Å². The highest BCUT2D eigenvalue weighted by atomic mass is 16.7. The summed E-state index contributed by atoms with van der Waals surface area (Å²) in [5.41, 5.74) is 6.28. The fourth-order valence-electron chi connectivity index (χ4n) is 2.88. The van der Waals surface area contributed by atoms with Gasteiger partial charge in [0.05, 0.1) is 16.8 Å². The first-order chi connectivity index (χ1) is 12.6. The Morgan fingerprint density at radius 2 is 1.92 bits per heavy atom. The van der Waals surface area contributed by atoms with Crippen molar-refractivity contribution in [1.82, 2.24) is 10.4 Å². The minimum absolute atomic E-state index is 0.222. The average Bonchev–Trinajstić information content (AvgIpc) is 3.12. The van der Waals surface area contributed by atoms with E-state index in [0.717, 1.165) is 22.2 Å². The van der Waals surface area contributed by atoms with Crippen LogP contribution in [-0.4, -0.2) is 23.4 Å². The number of nitrogens with one attached hydrogen (secondary N) is 1. The summed E-state index contributed by atoms with van der Waals surface area (Å²) in [6.07, 6.45) is 0. The Balaban J connectivity index is 1.60. The van der Waals surface area contributed by atoms with Crippen LogP contribution in [0, 0.1) is 6.92 Å². The molecule has 1 N–H and O–H groups in total. The molecule has 1 amide bonds. The zero-order valence-electron chi connectivity index (χ0n) is 14.4. The molecule has 0 atom stereocenters. The van der Waals surface area contributed by atoms with E-state index >= 15 is 0 Å². The number of amides is 1. The van der Waals surface area contributed by atoms with Gasteiger partial charge in [0.15, 0.2) is 11.5 Å². The van der Waals surface area contributed by atoms with Crippen LogP contribution >= 0.6 is 0 Å². The van der Waals surface area contributed by atoms with E-state index in [2.05, 4.69) is 15.5 Å². The molecular weight excluding hydrogens is 330 g/mol. The zero-order chi connectivity index (χ0) is 18.1. The van der Waals surface area contributed by atoms with Gasteiger partial charge in [-0.3, -0.25) is 9.78 Å². The van der Waals surface area contributed by atoms with Gasteiger partial charge < -0.3 is 9.47 Å². The van der Waals surface area contributed by atoms with Gasteiger partial charge >= 0.3 is 0 Å². The molecule has 1 aliphatic rings. The number of carbonyl (C=O) groups is 1. The lowest BCUT2D eigenvalue weighted by molar-refractivity contribution is 0.0956. The number of hydrazone groups is 1. The van der Waals surface area contributed by atoms with Crippen LogP contribution in [0.5, 0.6) is 11.5 Å². The lowest BCUT2D eigenvalue weighted by Gasteiger charge is -2.07. The van der Waals surface area contributed by atoms with Gasteiger partial charge in [-0.05, 0) is 44.2 Å². The first-order valence-corrected chi connectivity index (χ1v) is 8.23. The molecule has 4 rings (SSSR count). The number of pyridine rings is 1. The SMILES string of the molecule is C/C(=N\NC(=O)c1cc(C)nc2ccccc12)c1ccc2c(c1)OCO2. The molecule has 2 aromatic carbocycles. The van der Waals surface area contributed by atoms with Crippen molar-refractivity contribution in [1.29, 1.82) is 0 Å². The number of aryl methyl sites for hydroxylation is 1. The maximum atomic E-state index is 12.6. The van der Waals surface area contributed by atoms with Crippen molar-refractivity contribution >= 4 is 22.5 Å². The topological polar surface area (TPSA) is 72.8 Å². The summed E-state index contributed by atoms with van der Waals surface area (Å²) in [6.45, 7) is 3.91. The maximum absolute atomic E-state index is 12.6. The lowest BCUT2D eigenvalue weighted by Crippen LogP contribution is -2.20. The van der Waals surface area contributed by atoms with Gasteiger partial charge in [0.1, 0.15) is 0 Å². The number of carbonyl (C=O) groups excluding carboxylic acids is 1. The third-order valence-corrected chi connectivity index (χ3v) is 4.20. The van der Waals surface area contributed by atoms with Crippen LogP contribution in [0.3, 0.4) is 0 Å². The second kappa shape index (κ2) is 6.48. The van der Waals surface area contributed by atoms with Crippen LogP contribution in [-0.2, 0) is 0 Å². The number of hydrogen-bond donors (Lipinski definition) is 1. The van der Waals surface area contributed by atoms with Crippen molar-refractivity contribution in [2.75, 3.05) is 6.79 Å². The Morgan fingerprint density at radius 3 is 2.81 bits per heavy atom. The van der Waals surface area contributed by atoms with Crippen molar-refractivity contribution in [3.05, 3.63) is 65.4 Å². The number of nitrogens with zero attached hydrogens (tertiary/aromatic N) is 2. The molecule has 0 fully saturated rings. The van der Waals surface area contributed by atoms with Crippen LogP contribution < -0.4 is 14.9 Å². The number of aromatic nitrogens is 1. The number of fused-ring (bicyclic) bond motifs is 2. The molecule has 0 bridgehead atoms. The van der Waals surface area contributed by atoms with Crippen LogP contribution in [0.15, 0.2) is 53.6 Å². The second-order valence-electron chi connectivity index (χ2n) is 6.03. The van der Waals surface area contributed by atoms with Crippen molar-refractivity contribution in [3.8, 4) is 11.5 Å². The predicted octanol–water partition coefficient (Wildman–Crippen LogP) is 3.43. The minimum atomic E-state index is -0.271. The van der Waals surface area contributed by atoms with E-state index in [-0.39, 0.29) is 12.7 Å². The van der Waals surface area contributed by atoms with Crippen LogP contribution in [0.25, 0.3) is 10.9 Å². The molecule has 0 spiro atoms. The van der Waals surface area contributed by atoms with E-state index in [9.17, 15) is 4.79 Å². The number of para-hydroxylation sites is 1. The van der Waals surface area contributed by atoms with Gasteiger partial charge in [-0.15, -0.1) is 0 Å². The molecule has 0 saturated heterocycles. The standard InChI is InChI=1S/C20H17N3O3/c1-12-9-16(15-5-3-4-6-17(15)21-12)20(24)23-22-13(2)14-7-8-18-19(10-14)26-11-25-18/h3-10H,11H2,1-2H3,(H,23,24)/b22-13+. The smallest absolute Gasteiger partial charge is 0.272 e. The molecule has 2 heterocycles. The minimum Gasteiger partial charge on any atom is -0.454 e. The number of ether oxygens (including phenoxy) is 2. The Morgan fingerprint density at radius 1 is 1.12 bits per heavy atom. The molecule has 1 aromatic heterocycles. The average molecular weight is 347 g/mol. The van der Waals surface area contributed by atoms with Gasteiger partial charge in [0.25, 0.3) is 5.91 Å². The van der Waals surface area contributed by atoms with E-state index in [0.29, 0.717) is 22.8 Å². The molecule has 130 valence electrons. The number of benzene rings is 2. The van der Waals surface area contributed by atoms with E-state index in [1.165, 1.54) is 0 Å². The Hall–Kier alpha value is -3.41. The normalized spacial score (nSPS) is 13.1. The quantitative estimate of drug-likeness (QED) is 0.582. The summed E-state index contributed by atoms with van der Waals surface area (Å²) in [5, 5.41) is 5.03. The zero-order valence-corrected chi connectivity index (χ0v) is 14.4. The second-order valence-corrected chi connectivity index (χ2v) is 6.03. The highest BCUT2D eigenvalue weighted by Crippen LogP contribution is 2.32. The fraction of sp³-hybridized carbons (Fsp3) is 0.150. The molecule has 6 nitrogen and oxygen atoms in total. The van der Waals surface area contributed by atoms with Crippen molar-refractivity contribution < 1.29 is 14.3 Å². The monoisotopic (exact) mass is 347 g/mol. The van der Waals surface area contributed by atoms with E-state index < -0.39 is 0 Å². The molecule has 26 heavy (non-hydrogen) atoms. The third-order valence-electron chi connectivity index (χ3n) is 4.20. The third kappa shape index (κ3) is 2.97. The first-order valence-electron chi connectivity index (χ1n) is 8.23. The number of rotatable bonds is 3. The summed E-state index contributed by atoms with van der Waals surface area (Å²) in [6, 6.07) is 14.9. The molecule has 0 radical (unpaired) electrons. The van der Waals surface area contributed by atoms with E-state index in [1.807, 2.05) is 56.3 Å². The Kier molecular flexibility index (Phi) is 4.01. The molecule has 0 saturated carbocycles. The van der Waals surface area contributed by atoms with Crippen LogP contribution in [0.1, 0.15) is 28.5 Å². The van der Waals surface area contributed by atoms with Gasteiger partial charge in [0, 0.05) is 16.6 Å². The highest BCUT2D eigenvalue weighted by Gasteiger charge is 2.15. The summed E-state index contributed by atoms with van der Waals surface area (Å²) < 4.78 is 10.7. The summed E-state index contributed by atoms with van der Waals surface area (Å²) >= 11 is 0. The largest absolute Gasteiger partial charge is 0.454 e. The van der Waals surface area contributed by atoms with Crippen LogP contribution in [0.2, 0.25) is 0 Å². The van der Waals surface area contributed by atoms with Crippen molar-refractivity contribution in [2.24, 2.45) is 5.10 Å². The van der Waals surface area contributed by atoms with E-state index in [4.69, 9.17) is 9.47 Å². The lowest BCUT2D eigenvalue weighted by atomic mass is 10.1. The van der Waals surface area contributed by atoms with E-state index in [1.54, 1.807) is 6.07 Å². The van der Waals surface area contributed by atoms with Crippen molar-refractivity contribution in [3.63, 3.8) is 0 Å². The molecule has 0 aliphatic carbocycles. The first kappa shape index (κ1) is 16.1. The maximum Gasteiger partial charge on any atom is 0.272 e. The summed E-state index contributed by atoms with van der Waals surface area (Å²) in [7, 11) is 0. The molecule has 0 unspecified atom stereocenters.